The average molecular weight is 423 g/mol. The molecule has 0 aromatic heterocycles. The molecule has 3 aliphatic rings. The number of benzene rings is 1. The highest BCUT2D eigenvalue weighted by molar-refractivity contribution is 6.00. The second kappa shape index (κ2) is 8.42. The van der Waals surface area contributed by atoms with Gasteiger partial charge in [-0.25, -0.2) is 9.89 Å². The number of esters is 1. The Morgan fingerprint density at radius 2 is 2.00 bits per heavy atom. The molecule has 10 heteroatoms. The third kappa shape index (κ3) is 4.04. The summed E-state index contributed by atoms with van der Waals surface area (Å²) in [5.41, 5.74) is 1.01. The zero-order valence-corrected chi connectivity index (χ0v) is 16.8. The summed E-state index contributed by atoms with van der Waals surface area (Å²) in [5, 5.41) is 9.02. The molecule has 0 spiro atoms. The molecule has 160 valence electrons. The number of hydrogen-bond donors (Lipinski definition) is 2. The molecule has 0 unspecified atom stereocenters. The minimum atomic E-state index is -0.611. The molecule has 0 bridgehead atoms. The quantitative estimate of drug-likeness (QED) is 0.560. The van der Waals surface area contributed by atoms with E-state index in [4.69, 9.17) is 4.74 Å². The van der Waals surface area contributed by atoms with Crippen LogP contribution in [0.25, 0.3) is 11.3 Å². The van der Waals surface area contributed by atoms with Crippen molar-refractivity contribution in [3.05, 3.63) is 58.6 Å². The van der Waals surface area contributed by atoms with Crippen molar-refractivity contribution in [2.45, 2.75) is 13.0 Å². The van der Waals surface area contributed by atoms with Gasteiger partial charge in [-0.15, -0.1) is 0 Å². The smallest absolute Gasteiger partial charge is 0.341 e. The van der Waals surface area contributed by atoms with E-state index in [1.807, 2.05) is 30.3 Å². The Balaban J connectivity index is 1.40. The molecule has 10 nitrogen and oxygen atoms in total. The summed E-state index contributed by atoms with van der Waals surface area (Å²) < 4.78 is 6.39. The van der Waals surface area contributed by atoms with Gasteiger partial charge < -0.3 is 19.5 Å². The lowest BCUT2D eigenvalue weighted by molar-refractivity contribution is -0.126. The Morgan fingerprint density at radius 1 is 1.23 bits per heavy atom. The summed E-state index contributed by atoms with van der Waals surface area (Å²) in [5.74, 6) is -1.35. The first-order chi connectivity index (χ1) is 15.0. The van der Waals surface area contributed by atoms with E-state index in [0.717, 1.165) is 5.69 Å². The van der Waals surface area contributed by atoms with Crippen LogP contribution in [-0.2, 0) is 20.9 Å². The first kappa shape index (κ1) is 20.3. The number of pyridine rings is 1. The van der Waals surface area contributed by atoms with Gasteiger partial charge in [0, 0.05) is 44.1 Å². The minimum Gasteiger partial charge on any atom is -0.465 e. The number of aromatic amines is 1. The molecule has 4 rings (SSSR count). The van der Waals surface area contributed by atoms with E-state index in [1.54, 1.807) is 15.7 Å². The number of para-hydroxylation sites is 1. The summed E-state index contributed by atoms with van der Waals surface area (Å²) in [6.45, 7) is 0.909. The summed E-state index contributed by atoms with van der Waals surface area (Å²) in [7, 11) is 1.25. The number of nitrogens with one attached hydrogen (secondary N) is 2. The number of hydrogen-bond acceptors (Lipinski definition) is 6. The van der Waals surface area contributed by atoms with Crippen LogP contribution in [0.1, 0.15) is 16.8 Å². The number of nitrogens with zero attached hydrogens (tertiary/aromatic N) is 3. The molecule has 0 radical (unpaired) electrons. The number of carbonyl (C=O) groups is 3. The highest BCUT2D eigenvalue weighted by Gasteiger charge is 2.34. The maximum Gasteiger partial charge on any atom is 0.341 e. The van der Waals surface area contributed by atoms with Gasteiger partial charge in [0.2, 0.25) is 11.8 Å². The summed E-state index contributed by atoms with van der Waals surface area (Å²) in [6.07, 6.45) is 3.24. The maximum atomic E-state index is 12.6. The van der Waals surface area contributed by atoms with Gasteiger partial charge in [-0.3, -0.25) is 14.4 Å². The molecule has 0 saturated carbocycles. The predicted octanol–water partition coefficient (Wildman–Crippen LogP) is 0.632. The van der Waals surface area contributed by atoms with Crippen LogP contribution < -0.4 is 15.8 Å². The van der Waals surface area contributed by atoms with Gasteiger partial charge in [0.05, 0.1) is 18.6 Å². The third-order valence-corrected chi connectivity index (χ3v) is 5.25. The van der Waals surface area contributed by atoms with Gasteiger partial charge in [-0.2, -0.15) is 5.10 Å². The summed E-state index contributed by atoms with van der Waals surface area (Å²) >= 11 is 0. The molecule has 2 amide bonds. The number of carbonyl (C=O) groups excluding carboxylic acids is 3. The van der Waals surface area contributed by atoms with Crippen LogP contribution in [0.5, 0.6) is 0 Å². The van der Waals surface area contributed by atoms with Gasteiger partial charge >= 0.3 is 5.97 Å². The lowest BCUT2D eigenvalue weighted by Crippen LogP contribution is -2.34. The number of ether oxygens (including phenoxy) is 1. The number of fused-ring (bicyclic) bond motifs is 1. The van der Waals surface area contributed by atoms with E-state index in [2.05, 4.69) is 15.5 Å². The topological polar surface area (TPSA) is 126 Å². The average Bonchev–Trinajstić information content (AvgIpc) is 3.36. The van der Waals surface area contributed by atoms with E-state index >= 15 is 0 Å². The normalized spacial score (nSPS) is 16.0. The van der Waals surface area contributed by atoms with E-state index in [-0.39, 0.29) is 41.6 Å². The lowest BCUT2D eigenvalue weighted by Gasteiger charge is -2.17. The number of H-pyrrole nitrogens is 1. The van der Waals surface area contributed by atoms with Crippen molar-refractivity contribution < 1.29 is 19.1 Å². The van der Waals surface area contributed by atoms with Crippen LogP contribution in [0.15, 0.2) is 47.5 Å². The second-order valence-corrected chi connectivity index (χ2v) is 7.25. The molecule has 1 aromatic carbocycles. The largest absolute Gasteiger partial charge is 0.465 e. The molecule has 1 aromatic rings. The number of amides is 2. The highest BCUT2D eigenvalue weighted by Crippen LogP contribution is 2.25. The Hall–Kier alpha value is -3.95. The van der Waals surface area contributed by atoms with Crippen molar-refractivity contribution in [3.63, 3.8) is 0 Å². The predicted molar refractivity (Wildman–Crippen MR) is 111 cm³/mol. The Bertz CT molecular complexity index is 1150. The molecule has 0 aliphatic carbocycles. The van der Waals surface area contributed by atoms with Crippen LogP contribution in [0.4, 0.5) is 5.69 Å². The van der Waals surface area contributed by atoms with Crippen LogP contribution >= 0.6 is 0 Å². The molecule has 1 saturated heterocycles. The SMILES string of the molecule is COC(=O)c1cn(CCNC(=O)[C@@H]2CC(=O)N(c3ccccc3)C2)cc2c(=O)[nH]nc1-2. The Labute approximate surface area is 177 Å². The van der Waals surface area contributed by atoms with Crippen LogP contribution in [-0.4, -0.2) is 52.7 Å². The standard InChI is InChI=1S/C21H21N5O5/c1-31-21(30)16-12-25(11-15-18(16)23-24-20(15)29)8-7-22-19(28)13-9-17(27)26(10-13)14-5-3-2-4-6-14/h2-6,11-13H,7-10H2,1H3,(H,22,28)(H,24,29)/t13-/m1/s1. The zero-order valence-electron chi connectivity index (χ0n) is 16.8. The molecule has 2 N–H and O–H groups in total. The lowest BCUT2D eigenvalue weighted by atomic mass is 10.1. The van der Waals surface area contributed by atoms with E-state index < -0.39 is 17.4 Å². The minimum absolute atomic E-state index is 0.0863. The summed E-state index contributed by atoms with van der Waals surface area (Å²) in [4.78, 5) is 50.5. The fraction of sp³-hybridized carbons (Fsp3) is 0.286. The fourth-order valence-electron chi connectivity index (χ4n) is 3.67. The number of rotatable bonds is 6. The Morgan fingerprint density at radius 3 is 2.74 bits per heavy atom. The van der Waals surface area contributed by atoms with Crippen molar-refractivity contribution >= 4 is 23.5 Å². The fourth-order valence-corrected chi connectivity index (χ4v) is 3.67. The van der Waals surface area contributed by atoms with Gasteiger partial charge in [-0.05, 0) is 12.1 Å². The van der Waals surface area contributed by atoms with E-state index in [1.165, 1.54) is 13.3 Å². The second-order valence-electron chi connectivity index (χ2n) is 7.25. The molecule has 1 atom stereocenters. The van der Waals surface area contributed by atoms with Crippen molar-refractivity contribution in [2.75, 3.05) is 25.1 Å². The third-order valence-electron chi connectivity index (χ3n) is 5.25. The van der Waals surface area contributed by atoms with Gasteiger partial charge in [0.1, 0.15) is 11.3 Å². The number of methoxy groups -OCH3 is 1. The van der Waals surface area contributed by atoms with Crippen LogP contribution in [0, 0.1) is 5.92 Å². The number of aromatic nitrogens is 3. The Kier molecular flexibility index (Phi) is 5.52. The first-order valence-corrected chi connectivity index (χ1v) is 9.77. The maximum absolute atomic E-state index is 12.6. The van der Waals surface area contributed by atoms with Crippen molar-refractivity contribution in [3.8, 4) is 11.3 Å². The van der Waals surface area contributed by atoms with E-state index in [9.17, 15) is 19.2 Å². The van der Waals surface area contributed by atoms with Crippen molar-refractivity contribution in [1.82, 2.24) is 20.1 Å². The molecular formula is C21H21N5O5. The van der Waals surface area contributed by atoms with E-state index in [0.29, 0.717) is 13.1 Å². The van der Waals surface area contributed by atoms with Gasteiger partial charge in [0.25, 0.3) is 5.56 Å². The first-order valence-electron chi connectivity index (χ1n) is 9.77. The highest BCUT2D eigenvalue weighted by atomic mass is 16.5. The molecule has 3 aliphatic heterocycles. The molecule has 3 heterocycles. The monoisotopic (exact) mass is 423 g/mol. The molecule has 31 heavy (non-hydrogen) atoms. The van der Waals surface area contributed by atoms with Crippen LogP contribution in [0.3, 0.4) is 0 Å². The zero-order chi connectivity index (χ0) is 22.0. The van der Waals surface area contributed by atoms with Gasteiger partial charge in [0.15, 0.2) is 0 Å². The van der Waals surface area contributed by atoms with Crippen molar-refractivity contribution in [2.24, 2.45) is 5.92 Å². The van der Waals surface area contributed by atoms with Crippen molar-refractivity contribution in [1.29, 1.82) is 0 Å². The molecule has 1 fully saturated rings. The summed E-state index contributed by atoms with van der Waals surface area (Å²) in [6, 6.07) is 9.24. The van der Waals surface area contributed by atoms with Gasteiger partial charge in [-0.1, -0.05) is 18.2 Å². The molecular weight excluding hydrogens is 402 g/mol. The number of anilines is 1. The van der Waals surface area contributed by atoms with Crippen LogP contribution in [0.2, 0.25) is 0 Å².